The van der Waals surface area contributed by atoms with E-state index in [0.717, 1.165) is 10.9 Å². The van der Waals surface area contributed by atoms with Gasteiger partial charge in [-0.15, -0.1) is 0 Å². The predicted octanol–water partition coefficient (Wildman–Crippen LogP) is 4.32. The first-order chi connectivity index (χ1) is 12.2. The Morgan fingerprint density at radius 2 is 1.96 bits per heavy atom. The number of hydrogen-bond acceptors (Lipinski definition) is 4. The molecule has 0 amide bonds. The molecule has 0 radical (unpaired) electrons. The summed E-state index contributed by atoms with van der Waals surface area (Å²) < 4.78 is 24.2. The van der Waals surface area contributed by atoms with Crippen molar-refractivity contribution in [3.8, 4) is 11.3 Å². The molecule has 25 heavy (non-hydrogen) atoms. The molecule has 2 heterocycles. The first-order valence-corrected chi connectivity index (χ1v) is 7.66. The van der Waals surface area contributed by atoms with Gasteiger partial charge in [0.25, 0.3) is 0 Å². The summed E-state index contributed by atoms with van der Waals surface area (Å²) in [6.45, 7) is -0.0592. The molecule has 0 unspecified atom stereocenters. The monoisotopic (exact) mass is 336 g/mol. The highest BCUT2D eigenvalue weighted by molar-refractivity contribution is 6.03. The molecule has 6 heteroatoms. The van der Waals surface area contributed by atoms with Crippen molar-refractivity contribution in [1.29, 1.82) is 0 Å². The van der Waals surface area contributed by atoms with Crippen molar-refractivity contribution in [1.82, 2.24) is 10.1 Å². The molecular formula is C19H13FN2O3. The van der Waals surface area contributed by atoms with E-state index in [2.05, 4.69) is 10.1 Å². The number of H-pyrrole nitrogens is 1. The maximum atomic E-state index is 13.8. The van der Waals surface area contributed by atoms with E-state index in [0.29, 0.717) is 16.8 Å². The van der Waals surface area contributed by atoms with Crippen molar-refractivity contribution < 1.29 is 18.4 Å². The van der Waals surface area contributed by atoms with Crippen LogP contribution in [0.4, 0.5) is 4.39 Å². The minimum Gasteiger partial charge on any atom is -0.455 e. The number of nitrogens with one attached hydrogen (secondary N) is 1. The molecule has 0 aliphatic heterocycles. The third-order valence-electron chi connectivity index (χ3n) is 3.86. The van der Waals surface area contributed by atoms with Crippen molar-refractivity contribution in [2.24, 2.45) is 0 Å². The van der Waals surface area contributed by atoms with Gasteiger partial charge in [0.15, 0.2) is 5.76 Å². The van der Waals surface area contributed by atoms with E-state index in [-0.39, 0.29) is 12.4 Å². The summed E-state index contributed by atoms with van der Waals surface area (Å²) in [6, 6.07) is 15.3. The first kappa shape index (κ1) is 15.1. The lowest BCUT2D eigenvalue weighted by atomic mass is 10.1. The molecule has 4 rings (SSSR count). The van der Waals surface area contributed by atoms with Crippen LogP contribution in [0.25, 0.3) is 22.2 Å². The smallest absolute Gasteiger partial charge is 0.340 e. The molecule has 0 aliphatic carbocycles. The van der Waals surface area contributed by atoms with Crippen molar-refractivity contribution in [3.05, 3.63) is 77.9 Å². The second-order valence-corrected chi connectivity index (χ2v) is 5.49. The van der Waals surface area contributed by atoms with Crippen LogP contribution in [-0.4, -0.2) is 16.1 Å². The van der Waals surface area contributed by atoms with E-state index < -0.39 is 11.8 Å². The van der Waals surface area contributed by atoms with Gasteiger partial charge in [0.2, 0.25) is 0 Å². The molecule has 1 N–H and O–H groups in total. The Labute approximate surface area is 142 Å². The van der Waals surface area contributed by atoms with E-state index in [1.165, 1.54) is 6.07 Å². The number of carbonyl (C=O) groups excluding carboxylic acids is 1. The number of esters is 1. The molecule has 0 saturated carbocycles. The van der Waals surface area contributed by atoms with Gasteiger partial charge in [-0.2, -0.15) is 0 Å². The van der Waals surface area contributed by atoms with Crippen LogP contribution in [0.15, 0.2) is 65.3 Å². The van der Waals surface area contributed by atoms with Crippen molar-refractivity contribution in [2.45, 2.75) is 6.61 Å². The van der Waals surface area contributed by atoms with Crippen LogP contribution in [0, 0.1) is 5.82 Å². The fourth-order valence-corrected chi connectivity index (χ4v) is 2.63. The van der Waals surface area contributed by atoms with Gasteiger partial charge < -0.3 is 14.2 Å². The topological polar surface area (TPSA) is 68.1 Å². The number of aromatic amines is 1. The predicted molar refractivity (Wildman–Crippen MR) is 89.3 cm³/mol. The number of aromatic nitrogens is 2. The normalized spacial score (nSPS) is 10.9. The molecule has 2 aromatic heterocycles. The molecule has 0 fully saturated rings. The molecule has 0 atom stereocenters. The zero-order valence-corrected chi connectivity index (χ0v) is 13.0. The summed E-state index contributed by atoms with van der Waals surface area (Å²) in [5.74, 6) is -0.579. The number of carbonyl (C=O) groups is 1. The van der Waals surface area contributed by atoms with Crippen LogP contribution in [0.1, 0.15) is 16.1 Å². The number of benzene rings is 2. The van der Waals surface area contributed by atoms with E-state index in [1.807, 2.05) is 24.3 Å². The second-order valence-electron chi connectivity index (χ2n) is 5.49. The van der Waals surface area contributed by atoms with Crippen molar-refractivity contribution in [3.63, 3.8) is 0 Å². The Bertz CT molecular complexity index is 1050. The molecule has 2 aromatic carbocycles. The van der Waals surface area contributed by atoms with Gasteiger partial charge in [-0.05, 0) is 18.2 Å². The SMILES string of the molecule is O=C(OCc1cc(-c2ccccc2F)on1)c1c[nH]c2ccccc12. The second kappa shape index (κ2) is 6.24. The highest BCUT2D eigenvalue weighted by Crippen LogP contribution is 2.24. The number of halogens is 1. The molecule has 0 bridgehead atoms. The van der Waals surface area contributed by atoms with Gasteiger partial charge in [-0.25, -0.2) is 9.18 Å². The largest absolute Gasteiger partial charge is 0.455 e. The number of rotatable bonds is 4. The molecule has 0 spiro atoms. The Balaban J connectivity index is 1.49. The summed E-state index contributed by atoms with van der Waals surface area (Å²) in [7, 11) is 0. The van der Waals surface area contributed by atoms with Gasteiger partial charge in [0.1, 0.15) is 18.1 Å². The lowest BCUT2D eigenvalue weighted by Gasteiger charge is -2.01. The van der Waals surface area contributed by atoms with Crippen LogP contribution in [0.3, 0.4) is 0 Å². The fourth-order valence-electron chi connectivity index (χ4n) is 2.63. The van der Waals surface area contributed by atoms with Crippen LogP contribution in [-0.2, 0) is 11.3 Å². The van der Waals surface area contributed by atoms with E-state index >= 15 is 0 Å². The quantitative estimate of drug-likeness (QED) is 0.564. The Kier molecular flexibility index (Phi) is 3.78. The highest BCUT2D eigenvalue weighted by atomic mass is 19.1. The zero-order chi connectivity index (χ0) is 17.2. The van der Waals surface area contributed by atoms with Gasteiger partial charge >= 0.3 is 5.97 Å². The number of ether oxygens (including phenoxy) is 1. The number of hydrogen-bond donors (Lipinski definition) is 1. The molecular weight excluding hydrogens is 323 g/mol. The summed E-state index contributed by atoms with van der Waals surface area (Å²) >= 11 is 0. The van der Waals surface area contributed by atoms with Crippen LogP contribution >= 0.6 is 0 Å². The Morgan fingerprint density at radius 1 is 1.16 bits per heavy atom. The van der Waals surface area contributed by atoms with Gasteiger partial charge in [0, 0.05) is 23.2 Å². The zero-order valence-electron chi connectivity index (χ0n) is 13.0. The van der Waals surface area contributed by atoms with Crippen LogP contribution in [0.5, 0.6) is 0 Å². The summed E-state index contributed by atoms with van der Waals surface area (Å²) in [5, 5.41) is 4.61. The van der Waals surface area contributed by atoms with Crippen molar-refractivity contribution >= 4 is 16.9 Å². The van der Waals surface area contributed by atoms with E-state index in [9.17, 15) is 9.18 Å². The third-order valence-corrected chi connectivity index (χ3v) is 3.86. The fraction of sp³-hybridized carbons (Fsp3) is 0.0526. The van der Waals surface area contributed by atoms with Gasteiger partial charge in [0.05, 0.1) is 11.1 Å². The Hall–Kier alpha value is -3.41. The number of fused-ring (bicyclic) bond motifs is 1. The molecule has 124 valence electrons. The lowest BCUT2D eigenvalue weighted by molar-refractivity contribution is 0.0466. The molecule has 0 aliphatic rings. The summed E-state index contributed by atoms with van der Waals surface area (Å²) in [5.41, 5.74) is 2.03. The lowest BCUT2D eigenvalue weighted by Crippen LogP contribution is -2.04. The van der Waals surface area contributed by atoms with Crippen LogP contribution in [0.2, 0.25) is 0 Å². The first-order valence-electron chi connectivity index (χ1n) is 7.66. The highest BCUT2D eigenvalue weighted by Gasteiger charge is 2.15. The maximum Gasteiger partial charge on any atom is 0.340 e. The molecule has 4 aromatic rings. The van der Waals surface area contributed by atoms with Crippen LogP contribution < -0.4 is 0 Å². The summed E-state index contributed by atoms with van der Waals surface area (Å²) in [4.78, 5) is 15.3. The van der Waals surface area contributed by atoms with Gasteiger partial charge in [-0.1, -0.05) is 35.5 Å². The summed E-state index contributed by atoms with van der Waals surface area (Å²) in [6.07, 6.45) is 1.61. The minimum atomic E-state index is -0.465. The average molecular weight is 336 g/mol. The van der Waals surface area contributed by atoms with E-state index in [1.54, 1.807) is 30.5 Å². The minimum absolute atomic E-state index is 0.0592. The number of para-hydroxylation sites is 1. The standard InChI is InChI=1S/C19H13FN2O3/c20-16-7-3-1-6-14(16)18-9-12(22-25-18)11-24-19(23)15-10-21-17-8-4-2-5-13(15)17/h1-10,21H,11H2. The molecule has 5 nitrogen and oxygen atoms in total. The Morgan fingerprint density at radius 3 is 2.84 bits per heavy atom. The van der Waals surface area contributed by atoms with Crippen molar-refractivity contribution in [2.75, 3.05) is 0 Å². The number of nitrogens with zero attached hydrogens (tertiary/aromatic N) is 1. The maximum absolute atomic E-state index is 13.8. The third kappa shape index (κ3) is 2.89. The molecule has 0 saturated heterocycles. The average Bonchev–Trinajstić information content (AvgIpc) is 3.27. The van der Waals surface area contributed by atoms with E-state index in [4.69, 9.17) is 9.26 Å². The van der Waals surface area contributed by atoms with Gasteiger partial charge in [-0.3, -0.25) is 0 Å².